The predicted octanol–water partition coefficient (Wildman–Crippen LogP) is 3.32. The number of nitrogens with two attached hydrogens (primary N) is 1. The predicted molar refractivity (Wildman–Crippen MR) is 102 cm³/mol. The standard InChI is InChI=1S/C18H21N3O.2ClH/c1-13-2-4-15(5-3-13)16-8-17(11-20-10-16)18(22)21-7-6-14(9-19)12-21;;/h2-5,8,10-11,14H,6-7,9,12,19H2,1H3;2*1H. The van der Waals surface area contributed by atoms with Crippen LogP contribution in [0.2, 0.25) is 0 Å². The van der Waals surface area contributed by atoms with Crippen LogP contribution in [0.25, 0.3) is 11.1 Å². The Kier molecular flexibility index (Phi) is 7.67. The maximum atomic E-state index is 12.6. The van der Waals surface area contributed by atoms with Crippen LogP contribution in [-0.4, -0.2) is 35.4 Å². The molecule has 0 bridgehead atoms. The molecule has 4 nitrogen and oxygen atoms in total. The second-order valence-corrected chi connectivity index (χ2v) is 5.97. The molecule has 130 valence electrons. The van der Waals surface area contributed by atoms with Gasteiger partial charge in [-0.05, 0) is 37.4 Å². The van der Waals surface area contributed by atoms with Crippen molar-refractivity contribution in [3.05, 3.63) is 53.9 Å². The van der Waals surface area contributed by atoms with Gasteiger partial charge in [-0.1, -0.05) is 29.8 Å². The Balaban J connectivity index is 0.00000144. The van der Waals surface area contributed by atoms with E-state index in [0.29, 0.717) is 18.0 Å². The molecule has 24 heavy (non-hydrogen) atoms. The molecule has 3 rings (SSSR count). The fraction of sp³-hybridized carbons (Fsp3) is 0.333. The van der Waals surface area contributed by atoms with Gasteiger partial charge in [0.1, 0.15) is 0 Å². The number of nitrogens with zero attached hydrogens (tertiary/aromatic N) is 2. The maximum Gasteiger partial charge on any atom is 0.255 e. The number of likely N-dealkylation sites (tertiary alicyclic amines) is 1. The molecule has 2 N–H and O–H groups in total. The third-order valence-electron chi connectivity index (χ3n) is 4.28. The molecule has 0 saturated carbocycles. The van der Waals surface area contributed by atoms with Crippen LogP contribution in [0.3, 0.4) is 0 Å². The summed E-state index contributed by atoms with van der Waals surface area (Å²) in [7, 11) is 0. The zero-order valence-corrected chi connectivity index (χ0v) is 15.3. The minimum absolute atomic E-state index is 0. The molecule has 1 aliphatic heterocycles. The number of carbonyl (C=O) groups excluding carboxylic acids is 1. The van der Waals surface area contributed by atoms with E-state index in [0.717, 1.165) is 30.6 Å². The first kappa shape index (κ1) is 20.4. The first-order valence-electron chi connectivity index (χ1n) is 7.69. The molecule has 6 heteroatoms. The van der Waals surface area contributed by atoms with Crippen molar-refractivity contribution in [3.8, 4) is 11.1 Å². The average molecular weight is 368 g/mol. The van der Waals surface area contributed by atoms with Crippen molar-refractivity contribution >= 4 is 30.7 Å². The van der Waals surface area contributed by atoms with Crippen molar-refractivity contribution in [3.63, 3.8) is 0 Å². The van der Waals surface area contributed by atoms with Crippen molar-refractivity contribution in [2.75, 3.05) is 19.6 Å². The van der Waals surface area contributed by atoms with Crippen LogP contribution in [0, 0.1) is 12.8 Å². The van der Waals surface area contributed by atoms with Crippen LogP contribution in [0.1, 0.15) is 22.3 Å². The Bertz CT molecular complexity index is 676. The normalized spacial score (nSPS) is 16.2. The molecule has 2 aromatic rings. The van der Waals surface area contributed by atoms with E-state index in [-0.39, 0.29) is 30.7 Å². The van der Waals surface area contributed by atoms with Crippen LogP contribution < -0.4 is 5.73 Å². The summed E-state index contributed by atoms with van der Waals surface area (Å²) in [5, 5.41) is 0. The second kappa shape index (κ2) is 9.02. The van der Waals surface area contributed by atoms with E-state index in [2.05, 4.69) is 36.2 Å². The number of pyridine rings is 1. The lowest BCUT2D eigenvalue weighted by atomic mass is 10.0. The Labute approximate surface area is 155 Å². The van der Waals surface area contributed by atoms with Crippen molar-refractivity contribution in [2.45, 2.75) is 13.3 Å². The fourth-order valence-electron chi connectivity index (χ4n) is 2.85. The summed E-state index contributed by atoms with van der Waals surface area (Å²) in [4.78, 5) is 18.7. The van der Waals surface area contributed by atoms with Gasteiger partial charge in [-0.15, -0.1) is 24.8 Å². The van der Waals surface area contributed by atoms with Gasteiger partial charge in [0, 0.05) is 31.0 Å². The molecule has 0 radical (unpaired) electrons. The Morgan fingerprint density at radius 2 is 1.92 bits per heavy atom. The van der Waals surface area contributed by atoms with Crippen molar-refractivity contribution in [1.29, 1.82) is 0 Å². The minimum Gasteiger partial charge on any atom is -0.338 e. The number of hydrogen-bond acceptors (Lipinski definition) is 3. The number of hydrogen-bond donors (Lipinski definition) is 1. The van der Waals surface area contributed by atoms with Gasteiger partial charge < -0.3 is 10.6 Å². The number of rotatable bonds is 3. The summed E-state index contributed by atoms with van der Waals surface area (Å²) in [5.41, 5.74) is 9.61. The van der Waals surface area contributed by atoms with E-state index < -0.39 is 0 Å². The van der Waals surface area contributed by atoms with E-state index >= 15 is 0 Å². The van der Waals surface area contributed by atoms with E-state index in [1.165, 1.54) is 5.56 Å². The van der Waals surface area contributed by atoms with Crippen LogP contribution in [-0.2, 0) is 0 Å². The number of amides is 1. The number of benzene rings is 1. The van der Waals surface area contributed by atoms with Crippen LogP contribution in [0.15, 0.2) is 42.7 Å². The van der Waals surface area contributed by atoms with Gasteiger partial charge in [0.25, 0.3) is 5.91 Å². The molecule has 1 fully saturated rings. The summed E-state index contributed by atoms with van der Waals surface area (Å²) in [6, 6.07) is 10.2. The topological polar surface area (TPSA) is 59.2 Å². The van der Waals surface area contributed by atoms with Gasteiger partial charge in [-0.2, -0.15) is 0 Å². The van der Waals surface area contributed by atoms with Gasteiger partial charge in [0.05, 0.1) is 5.56 Å². The van der Waals surface area contributed by atoms with Gasteiger partial charge in [0.15, 0.2) is 0 Å². The highest BCUT2D eigenvalue weighted by Crippen LogP contribution is 2.22. The number of aryl methyl sites for hydroxylation is 1. The summed E-state index contributed by atoms with van der Waals surface area (Å²) in [6.07, 6.45) is 4.44. The van der Waals surface area contributed by atoms with Gasteiger partial charge in [0.2, 0.25) is 0 Å². The molecule has 2 heterocycles. The lowest BCUT2D eigenvalue weighted by molar-refractivity contribution is 0.0787. The van der Waals surface area contributed by atoms with Crippen molar-refractivity contribution in [1.82, 2.24) is 9.88 Å². The molecule has 1 atom stereocenters. The van der Waals surface area contributed by atoms with Crippen molar-refractivity contribution < 1.29 is 4.79 Å². The molecule has 1 amide bonds. The Morgan fingerprint density at radius 1 is 1.21 bits per heavy atom. The monoisotopic (exact) mass is 367 g/mol. The molecule has 1 aromatic heterocycles. The number of halogens is 2. The Hall–Kier alpha value is -1.62. The quantitative estimate of drug-likeness (QED) is 0.904. The molecular weight excluding hydrogens is 345 g/mol. The first-order chi connectivity index (χ1) is 10.7. The minimum atomic E-state index is 0. The summed E-state index contributed by atoms with van der Waals surface area (Å²) >= 11 is 0. The smallest absolute Gasteiger partial charge is 0.255 e. The molecule has 1 aromatic carbocycles. The molecule has 1 saturated heterocycles. The number of carbonyl (C=O) groups is 1. The SMILES string of the molecule is Cc1ccc(-c2cncc(C(=O)N3CCC(CN)C3)c2)cc1.Cl.Cl. The lowest BCUT2D eigenvalue weighted by Gasteiger charge is -2.16. The number of aromatic nitrogens is 1. The highest BCUT2D eigenvalue weighted by atomic mass is 35.5. The lowest BCUT2D eigenvalue weighted by Crippen LogP contribution is -2.29. The average Bonchev–Trinajstić information content (AvgIpc) is 3.04. The molecule has 0 spiro atoms. The zero-order chi connectivity index (χ0) is 15.5. The third-order valence-corrected chi connectivity index (χ3v) is 4.28. The second-order valence-electron chi connectivity index (χ2n) is 5.97. The largest absolute Gasteiger partial charge is 0.338 e. The molecule has 1 aliphatic rings. The fourth-order valence-corrected chi connectivity index (χ4v) is 2.85. The van der Waals surface area contributed by atoms with Crippen LogP contribution in [0.5, 0.6) is 0 Å². The van der Waals surface area contributed by atoms with E-state index in [1.54, 1.807) is 12.4 Å². The summed E-state index contributed by atoms with van der Waals surface area (Å²) in [5.74, 6) is 0.481. The van der Waals surface area contributed by atoms with Gasteiger partial charge >= 0.3 is 0 Å². The van der Waals surface area contributed by atoms with Gasteiger partial charge in [-0.25, -0.2) is 0 Å². The highest BCUT2D eigenvalue weighted by molar-refractivity contribution is 5.95. The molecular formula is C18H23Cl2N3O. The summed E-state index contributed by atoms with van der Waals surface area (Å²) < 4.78 is 0. The maximum absolute atomic E-state index is 12.6. The van der Waals surface area contributed by atoms with Gasteiger partial charge in [-0.3, -0.25) is 9.78 Å². The van der Waals surface area contributed by atoms with E-state index in [9.17, 15) is 4.79 Å². The van der Waals surface area contributed by atoms with Crippen LogP contribution in [0.4, 0.5) is 0 Å². The highest BCUT2D eigenvalue weighted by Gasteiger charge is 2.26. The zero-order valence-electron chi connectivity index (χ0n) is 13.6. The Morgan fingerprint density at radius 3 is 2.54 bits per heavy atom. The van der Waals surface area contributed by atoms with Crippen molar-refractivity contribution in [2.24, 2.45) is 11.7 Å². The third kappa shape index (κ3) is 4.47. The van der Waals surface area contributed by atoms with E-state index in [4.69, 9.17) is 5.73 Å². The molecule has 0 aliphatic carbocycles. The summed E-state index contributed by atoms with van der Waals surface area (Å²) in [6.45, 7) is 4.24. The molecule has 1 unspecified atom stereocenters. The van der Waals surface area contributed by atoms with E-state index in [1.807, 2.05) is 11.0 Å². The van der Waals surface area contributed by atoms with Crippen LogP contribution >= 0.6 is 24.8 Å². The first-order valence-corrected chi connectivity index (χ1v) is 7.69.